The standard InChI is InChI=1S/C25H33N3O7/c1-25(2,3)35-24(30)27-19(16-34-15-17-10-8-7-9-11-17)23(29)28-26-14-18-12-20(31-4)22(33-6)21(13-18)32-5/h7-14,19H,15-16H2,1-6H3,(H,27,30)(H,28,29)/b26-14-/t19-/m0/s1. The van der Waals surface area contributed by atoms with Crippen LogP contribution >= 0.6 is 0 Å². The van der Waals surface area contributed by atoms with E-state index >= 15 is 0 Å². The van der Waals surface area contributed by atoms with Crippen LogP contribution in [0.25, 0.3) is 0 Å². The second-order valence-electron chi connectivity index (χ2n) is 8.39. The lowest BCUT2D eigenvalue weighted by Crippen LogP contribution is -2.49. The molecule has 35 heavy (non-hydrogen) atoms. The fourth-order valence-corrected chi connectivity index (χ4v) is 2.93. The number of amides is 2. The van der Waals surface area contributed by atoms with Crippen LogP contribution in [0, 0.1) is 0 Å². The Balaban J connectivity index is 2.08. The summed E-state index contributed by atoms with van der Waals surface area (Å²) in [6.45, 7) is 5.38. The van der Waals surface area contributed by atoms with Gasteiger partial charge in [0.1, 0.15) is 11.6 Å². The Labute approximate surface area is 205 Å². The Hall–Kier alpha value is -3.79. The molecule has 0 saturated heterocycles. The zero-order valence-corrected chi connectivity index (χ0v) is 20.9. The molecule has 0 aliphatic rings. The summed E-state index contributed by atoms with van der Waals surface area (Å²) in [6, 6.07) is 11.8. The number of hydrogen-bond donors (Lipinski definition) is 2. The van der Waals surface area contributed by atoms with Gasteiger partial charge in [0.2, 0.25) is 5.75 Å². The summed E-state index contributed by atoms with van der Waals surface area (Å²) in [5.41, 5.74) is 3.23. The first-order valence-electron chi connectivity index (χ1n) is 10.9. The second-order valence-corrected chi connectivity index (χ2v) is 8.39. The number of methoxy groups -OCH3 is 3. The molecule has 0 aromatic heterocycles. The molecule has 0 aliphatic heterocycles. The van der Waals surface area contributed by atoms with E-state index in [1.807, 2.05) is 30.3 Å². The minimum absolute atomic E-state index is 0.0837. The smallest absolute Gasteiger partial charge is 0.408 e. The van der Waals surface area contributed by atoms with E-state index in [4.69, 9.17) is 23.7 Å². The Morgan fingerprint density at radius 1 is 1.00 bits per heavy atom. The van der Waals surface area contributed by atoms with Crippen LogP contribution in [-0.4, -0.2) is 57.8 Å². The van der Waals surface area contributed by atoms with E-state index in [-0.39, 0.29) is 13.2 Å². The highest BCUT2D eigenvalue weighted by Crippen LogP contribution is 2.37. The van der Waals surface area contributed by atoms with Crippen LogP contribution in [0.1, 0.15) is 31.9 Å². The highest BCUT2D eigenvalue weighted by atomic mass is 16.6. The molecule has 2 N–H and O–H groups in total. The summed E-state index contributed by atoms with van der Waals surface area (Å²) in [5, 5.41) is 6.52. The molecular formula is C25H33N3O7. The molecule has 0 heterocycles. The minimum Gasteiger partial charge on any atom is -0.493 e. The highest BCUT2D eigenvalue weighted by Gasteiger charge is 2.24. The number of hydrogen-bond acceptors (Lipinski definition) is 8. The summed E-state index contributed by atoms with van der Waals surface area (Å²) in [5.74, 6) is 0.748. The molecular weight excluding hydrogens is 454 g/mol. The molecule has 0 aliphatic carbocycles. The maximum absolute atomic E-state index is 12.8. The predicted octanol–water partition coefficient (Wildman–Crippen LogP) is 3.27. The number of hydrazone groups is 1. The van der Waals surface area contributed by atoms with Gasteiger partial charge < -0.3 is 29.0 Å². The van der Waals surface area contributed by atoms with Crippen molar-refractivity contribution in [2.45, 2.75) is 39.0 Å². The normalized spacial score (nSPS) is 12.1. The lowest BCUT2D eigenvalue weighted by atomic mass is 10.2. The number of nitrogens with zero attached hydrogens (tertiary/aromatic N) is 1. The molecule has 0 spiro atoms. The van der Waals surface area contributed by atoms with Crippen molar-refractivity contribution >= 4 is 18.2 Å². The minimum atomic E-state index is -1.04. The Kier molecular flexibility index (Phi) is 10.3. The SMILES string of the molecule is COc1cc(/C=N\NC(=O)[C@H](COCc2ccccc2)NC(=O)OC(C)(C)C)cc(OC)c1OC. The van der Waals surface area contributed by atoms with Gasteiger partial charge in [0.05, 0.1) is 40.8 Å². The van der Waals surface area contributed by atoms with E-state index in [0.29, 0.717) is 22.8 Å². The summed E-state index contributed by atoms with van der Waals surface area (Å²) in [7, 11) is 4.51. The van der Waals surface area contributed by atoms with Gasteiger partial charge in [-0.1, -0.05) is 30.3 Å². The van der Waals surface area contributed by atoms with Crippen molar-refractivity contribution in [3.8, 4) is 17.2 Å². The number of carbonyl (C=O) groups excluding carboxylic acids is 2. The van der Waals surface area contributed by atoms with E-state index in [2.05, 4.69) is 15.8 Å². The topological polar surface area (TPSA) is 117 Å². The van der Waals surface area contributed by atoms with Crippen LogP contribution in [0.3, 0.4) is 0 Å². The molecule has 0 fully saturated rings. The van der Waals surface area contributed by atoms with Crippen molar-refractivity contribution in [1.29, 1.82) is 0 Å². The molecule has 2 rings (SSSR count). The molecule has 0 saturated carbocycles. The third kappa shape index (κ3) is 9.17. The third-order valence-corrected chi connectivity index (χ3v) is 4.48. The van der Waals surface area contributed by atoms with Gasteiger partial charge in [-0.3, -0.25) is 4.79 Å². The van der Waals surface area contributed by atoms with Gasteiger partial charge in [-0.05, 0) is 38.5 Å². The fraction of sp³-hybridized carbons (Fsp3) is 0.400. The van der Waals surface area contributed by atoms with Crippen molar-refractivity contribution in [3.05, 3.63) is 53.6 Å². The molecule has 0 unspecified atom stereocenters. The molecule has 10 nitrogen and oxygen atoms in total. The Morgan fingerprint density at radius 2 is 1.63 bits per heavy atom. The quantitative estimate of drug-likeness (QED) is 0.369. The Morgan fingerprint density at radius 3 is 2.17 bits per heavy atom. The predicted molar refractivity (Wildman–Crippen MR) is 131 cm³/mol. The number of nitrogens with one attached hydrogen (secondary N) is 2. The second kappa shape index (κ2) is 13.2. The van der Waals surface area contributed by atoms with Gasteiger partial charge in [0.25, 0.3) is 5.91 Å². The molecule has 1 atom stereocenters. The van der Waals surface area contributed by atoms with Crippen LogP contribution in [0.2, 0.25) is 0 Å². The van der Waals surface area contributed by atoms with Crippen LogP contribution in [-0.2, 0) is 20.9 Å². The molecule has 2 aromatic carbocycles. The fourth-order valence-electron chi connectivity index (χ4n) is 2.93. The average molecular weight is 488 g/mol. The summed E-state index contributed by atoms with van der Waals surface area (Å²) in [6.07, 6.45) is 0.673. The lowest BCUT2D eigenvalue weighted by molar-refractivity contribution is -0.124. The first-order valence-corrected chi connectivity index (χ1v) is 10.9. The van der Waals surface area contributed by atoms with Crippen LogP contribution in [0.5, 0.6) is 17.2 Å². The summed E-state index contributed by atoms with van der Waals surface area (Å²) < 4.78 is 26.9. The van der Waals surface area contributed by atoms with Crippen LogP contribution in [0.15, 0.2) is 47.6 Å². The van der Waals surface area contributed by atoms with Gasteiger partial charge in [-0.2, -0.15) is 5.10 Å². The highest BCUT2D eigenvalue weighted by molar-refractivity contribution is 5.88. The monoisotopic (exact) mass is 487 g/mol. The molecule has 10 heteroatoms. The average Bonchev–Trinajstić information content (AvgIpc) is 2.82. The van der Waals surface area contributed by atoms with E-state index in [1.54, 1.807) is 32.9 Å². The number of rotatable bonds is 11. The third-order valence-electron chi connectivity index (χ3n) is 4.48. The van der Waals surface area contributed by atoms with Crippen molar-refractivity contribution in [1.82, 2.24) is 10.7 Å². The number of ether oxygens (including phenoxy) is 5. The van der Waals surface area contributed by atoms with Crippen molar-refractivity contribution in [2.75, 3.05) is 27.9 Å². The zero-order valence-electron chi connectivity index (χ0n) is 20.9. The lowest BCUT2D eigenvalue weighted by Gasteiger charge is -2.22. The van der Waals surface area contributed by atoms with Crippen LogP contribution < -0.4 is 25.0 Å². The van der Waals surface area contributed by atoms with Crippen molar-refractivity contribution in [3.63, 3.8) is 0 Å². The van der Waals surface area contributed by atoms with Crippen molar-refractivity contribution in [2.24, 2.45) is 5.10 Å². The van der Waals surface area contributed by atoms with Gasteiger partial charge in [-0.15, -0.1) is 0 Å². The number of benzene rings is 2. The van der Waals surface area contributed by atoms with Gasteiger partial charge in [-0.25, -0.2) is 10.2 Å². The first kappa shape index (κ1) is 27.5. The Bertz CT molecular complexity index is 979. The summed E-state index contributed by atoms with van der Waals surface area (Å²) >= 11 is 0. The molecule has 2 aromatic rings. The molecule has 2 amide bonds. The summed E-state index contributed by atoms with van der Waals surface area (Å²) in [4.78, 5) is 25.0. The van der Waals surface area contributed by atoms with E-state index in [9.17, 15) is 9.59 Å². The molecule has 0 radical (unpaired) electrons. The van der Waals surface area contributed by atoms with Gasteiger partial charge >= 0.3 is 6.09 Å². The number of carbonyl (C=O) groups is 2. The number of alkyl carbamates (subject to hydrolysis) is 1. The van der Waals surface area contributed by atoms with E-state index < -0.39 is 23.6 Å². The van der Waals surface area contributed by atoms with Crippen molar-refractivity contribution < 1.29 is 33.3 Å². The van der Waals surface area contributed by atoms with Crippen LogP contribution in [0.4, 0.5) is 4.79 Å². The van der Waals surface area contributed by atoms with Gasteiger partial charge in [0, 0.05) is 5.56 Å². The molecule has 0 bridgehead atoms. The largest absolute Gasteiger partial charge is 0.493 e. The van der Waals surface area contributed by atoms with E-state index in [1.165, 1.54) is 27.5 Å². The zero-order chi connectivity index (χ0) is 25.8. The van der Waals surface area contributed by atoms with E-state index in [0.717, 1.165) is 5.56 Å². The maximum Gasteiger partial charge on any atom is 0.408 e. The first-order chi connectivity index (χ1) is 16.7. The van der Waals surface area contributed by atoms with Gasteiger partial charge in [0.15, 0.2) is 11.5 Å². The maximum atomic E-state index is 12.8. The molecule has 190 valence electrons.